The van der Waals surface area contributed by atoms with E-state index in [-0.39, 0.29) is 6.10 Å². The molecule has 0 aliphatic heterocycles. The van der Waals surface area contributed by atoms with Crippen LogP contribution in [0.2, 0.25) is 0 Å². The Morgan fingerprint density at radius 2 is 2.40 bits per heavy atom. The van der Waals surface area contributed by atoms with Crippen LogP contribution in [-0.4, -0.2) is 11.7 Å². The zero-order valence-electron chi connectivity index (χ0n) is 8.79. The first kappa shape index (κ1) is 10.1. The van der Waals surface area contributed by atoms with E-state index in [4.69, 9.17) is 4.74 Å². The van der Waals surface area contributed by atoms with E-state index in [9.17, 15) is 5.11 Å². The molecule has 0 heterocycles. The zero-order valence-corrected chi connectivity index (χ0v) is 8.79. The van der Waals surface area contributed by atoms with Gasteiger partial charge in [0.2, 0.25) is 0 Å². The van der Waals surface area contributed by atoms with Gasteiger partial charge < -0.3 is 9.84 Å². The summed E-state index contributed by atoms with van der Waals surface area (Å²) >= 11 is 0. The molecular formula is C13H14O2. The molecule has 1 N–H and O–H groups in total. The Bertz CT molecular complexity index is 412. The van der Waals surface area contributed by atoms with Crippen molar-refractivity contribution in [1.82, 2.24) is 0 Å². The number of hydrogen-bond acceptors (Lipinski definition) is 2. The van der Waals surface area contributed by atoms with Gasteiger partial charge in [0.05, 0.1) is 6.10 Å². The van der Waals surface area contributed by atoms with Crippen molar-refractivity contribution in [3.05, 3.63) is 29.3 Å². The molecule has 2 heteroatoms. The summed E-state index contributed by atoms with van der Waals surface area (Å²) in [7, 11) is 0. The molecule has 0 spiro atoms. The lowest BCUT2D eigenvalue weighted by molar-refractivity contribution is 0.180. The SMILES string of the molecule is CC#CCOc1ccc2c(c1)CC[C@H]2O. The lowest BCUT2D eigenvalue weighted by Crippen LogP contribution is -1.95. The van der Waals surface area contributed by atoms with Crippen LogP contribution in [0.1, 0.15) is 30.6 Å². The van der Waals surface area contributed by atoms with Gasteiger partial charge in [0.25, 0.3) is 0 Å². The number of aliphatic hydroxyl groups excluding tert-OH is 1. The van der Waals surface area contributed by atoms with Crippen LogP contribution >= 0.6 is 0 Å². The van der Waals surface area contributed by atoms with Gasteiger partial charge >= 0.3 is 0 Å². The van der Waals surface area contributed by atoms with E-state index in [2.05, 4.69) is 11.8 Å². The van der Waals surface area contributed by atoms with Crippen LogP contribution in [0.25, 0.3) is 0 Å². The molecule has 0 saturated carbocycles. The standard InChI is InChI=1S/C13H14O2/c1-2-3-8-15-11-5-6-12-10(9-11)4-7-13(12)14/h5-6,9,13-14H,4,7-8H2,1H3/t13-/m1/s1. The van der Waals surface area contributed by atoms with Crippen LogP contribution in [-0.2, 0) is 6.42 Å². The minimum Gasteiger partial charge on any atom is -0.481 e. The maximum atomic E-state index is 9.62. The van der Waals surface area contributed by atoms with Crippen molar-refractivity contribution in [2.45, 2.75) is 25.9 Å². The Morgan fingerprint density at radius 1 is 1.53 bits per heavy atom. The van der Waals surface area contributed by atoms with Crippen molar-refractivity contribution in [3.63, 3.8) is 0 Å². The van der Waals surface area contributed by atoms with E-state index < -0.39 is 0 Å². The molecule has 2 nitrogen and oxygen atoms in total. The number of ether oxygens (including phenoxy) is 1. The van der Waals surface area contributed by atoms with Gasteiger partial charge in [0.15, 0.2) is 0 Å². The molecule has 1 atom stereocenters. The van der Waals surface area contributed by atoms with E-state index in [1.807, 2.05) is 18.2 Å². The number of hydrogen-bond donors (Lipinski definition) is 1. The van der Waals surface area contributed by atoms with Crippen molar-refractivity contribution >= 4 is 0 Å². The van der Waals surface area contributed by atoms with Gasteiger partial charge in [-0.2, -0.15) is 0 Å². The summed E-state index contributed by atoms with van der Waals surface area (Å²) in [6, 6.07) is 5.84. The summed E-state index contributed by atoms with van der Waals surface area (Å²) in [6.07, 6.45) is 1.48. The van der Waals surface area contributed by atoms with Crippen molar-refractivity contribution < 1.29 is 9.84 Å². The van der Waals surface area contributed by atoms with Gasteiger partial charge in [-0.25, -0.2) is 0 Å². The first-order valence-electron chi connectivity index (χ1n) is 5.14. The van der Waals surface area contributed by atoms with Crippen molar-refractivity contribution in [2.24, 2.45) is 0 Å². The fraction of sp³-hybridized carbons (Fsp3) is 0.385. The molecule has 0 fully saturated rings. The molecule has 1 aromatic carbocycles. The molecule has 1 aliphatic rings. The van der Waals surface area contributed by atoms with Gasteiger partial charge in [-0.15, -0.1) is 5.92 Å². The van der Waals surface area contributed by atoms with Crippen LogP contribution < -0.4 is 4.74 Å². The quantitative estimate of drug-likeness (QED) is 0.744. The van der Waals surface area contributed by atoms with E-state index in [1.54, 1.807) is 6.92 Å². The van der Waals surface area contributed by atoms with Crippen molar-refractivity contribution in [3.8, 4) is 17.6 Å². The summed E-state index contributed by atoms with van der Waals surface area (Å²) < 4.78 is 5.45. The van der Waals surface area contributed by atoms with Crippen molar-refractivity contribution in [2.75, 3.05) is 6.61 Å². The normalized spacial score (nSPS) is 17.9. The molecule has 1 aromatic rings. The molecule has 0 radical (unpaired) electrons. The monoisotopic (exact) mass is 202 g/mol. The number of benzene rings is 1. The smallest absolute Gasteiger partial charge is 0.149 e. The fourth-order valence-electron chi connectivity index (χ4n) is 1.85. The number of aryl methyl sites for hydroxylation is 1. The third kappa shape index (κ3) is 2.14. The minimum atomic E-state index is -0.288. The number of rotatable bonds is 2. The summed E-state index contributed by atoms with van der Waals surface area (Å²) in [5.41, 5.74) is 2.24. The van der Waals surface area contributed by atoms with Gasteiger partial charge in [0.1, 0.15) is 12.4 Å². The highest BCUT2D eigenvalue weighted by molar-refractivity contribution is 5.39. The third-order valence-corrected chi connectivity index (χ3v) is 2.65. The summed E-state index contributed by atoms with van der Waals surface area (Å²) in [4.78, 5) is 0. The molecule has 78 valence electrons. The molecule has 15 heavy (non-hydrogen) atoms. The van der Waals surface area contributed by atoms with E-state index >= 15 is 0 Å². The molecule has 2 rings (SSSR count). The van der Waals surface area contributed by atoms with Crippen LogP contribution in [0.4, 0.5) is 0 Å². The predicted molar refractivity (Wildman–Crippen MR) is 58.7 cm³/mol. The van der Waals surface area contributed by atoms with E-state index in [1.165, 1.54) is 5.56 Å². The van der Waals surface area contributed by atoms with Crippen LogP contribution in [0.5, 0.6) is 5.75 Å². The molecule has 0 saturated heterocycles. The van der Waals surface area contributed by atoms with Crippen LogP contribution in [0, 0.1) is 11.8 Å². The molecule has 0 bridgehead atoms. The Hall–Kier alpha value is -1.46. The van der Waals surface area contributed by atoms with E-state index in [0.29, 0.717) is 6.61 Å². The maximum absolute atomic E-state index is 9.62. The highest BCUT2D eigenvalue weighted by atomic mass is 16.5. The largest absolute Gasteiger partial charge is 0.481 e. The first-order valence-corrected chi connectivity index (χ1v) is 5.14. The summed E-state index contributed by atoms with van der Waals surface area (Å²) in [6.45, 7) is 2.22. The molecular weight excluding hydrogens is 188 g/mol. The van der Waals surface area contributed by atoms with Gasteiger partial charge in [0, 0.05) is 0 Å². The second-order valence-corrected chi connectivity index (χ2v) is 3.63. The average Bonchev–Trinajstić information content (AvgIpc) is 2.61. The highest BCUT2D eigenvalue weighted by Crippen LogP contribution is 2.33. The Morgan fingerprint density at radius 3 is 3.20 bits per heavy atom. The molecule has 0 unspecified atom stereocenters. The molecule has 0 aromatic heterocycles. The van der Waals surface area contributed by atoms with Crippen LogP contribution in [0.15, 0.2) is 18.2 Å². The predicted octanol–water partition coefficient (Wildman–Crippen LogP) is 2.07. The minimum absolute atomic E-state index is 0.288. The fourth-order valence-corrected chi connectivity index (χ4v) is 1.85. The maximum Gasteiger partial charge on any atom is 0.149 e. The average molecular weight is 202 g/mol. The summed E-state index contributed by atoms with van der Waals surface area (Å²) in [5, 5.41) is 9.62. The van der Waals surface area contributed by atoms with Gasteiger partial charge in [-0.1, -0.05) is 12.0 Å². The lowest BCUT2D eigenvalue weighted by atomic mass is 10.1. The van der Waals surface area contributed by atoms with Crippen molar-refractivity contribution in [1.29, 1.82) is 0 Å². The second kappa shape index (κ2) is 4.37. The Balaban J connectivity index is 2.11. The highest BCUT2D eigenvalue weighted by Gasteiger charge is 2.20. The second-order valence-electron chi connectivity index (χ2n) is 3.63. The Labute approximate surface area is 89.9 Å². The zero-order chi connectivity index (χ0) is 10.7. The van der Waals surface area contributed by atoms with E-state index in [0.717, 1.165) is 24.2 Å². The van der Waals surface area contributed by atoms with Gasteiger partial charge in [-0.05, 0) is 43.0 Å². The lowest BCUT2D eigenvalue weighted by Gasteiger charge is -2.06. The van der Waals surface area contributed by atoms with Gasteiger partial charge in [-0.3, -0.25) is 0 Å². The topological polar surface area (TPSA) is 29.5 Å². The number of fused-ring (bicyclic) bond motifs is 1. The first-order chi connectivity index (χ1) is 7.31. The number of aliphatic hydroxyl groups is 1. The third-order valence-electron chi connectivity index (χ3n) is 2.65. The summed E-state index contributed by atoms with van der Waals surface area (Å²) in [5.74, 6) is 6.47. The van der Waals surface area contributed by atoms with Crippen LogP contribution in [0.3, 0.4) is 0 Å². The Kier molecular flexibility index (Phi) is 2.94. The molecule has 0 amide bonds. The molecule has 1 aliphatic carbocycles.